The van der Waals surface area contributed by atoms with E-state index < -0.39 is 11.6 Å². The van der Waals surface area contributed by atoms with Gasteiger partial charge in [0.1, 0.15) is 5.54 Å². The summed E-state index contributed by atoms with van der Waals surface area (Å²) in [6.07, 6.45) is 0. The first-order valence-corrected chi connectivity index (χ1v) is 2.66. The van der Waals surface area contributed by atoms with E-state index in [9.17, 15) is 9.59 Å². The molecule has 1 aliphatic heterocycles. The van der Waals surface area contributed by atoms with Gasteiger partial charge in [0.05, 0.1) is 0 Å². The number of carbonyl (C=O) groups excluding carboxylic acids is 2. The van der Waals surface area contributed by atoms with Crippen molar-refractivity contribution in [3.8, 4) is 0 Å². The van der Waals surface area contributed by atoms with Gasteiger partial charge < -0.3 is 5.32 Å². The number of amides is 3. The molecule has 0 aliphatic carbocycles. The van der Waals surface area contributed by atoms with Crippen LogP contribution >= 0.6 is 0 Å². The van der Waals surface area contributed by atoms with Crippen molar-refractivity contribution in [2.75, 3.05) is 0 Å². The van der Waals surface area contributed by atoms with Crippen molar-refractivity contribution in [2.45, 2.75) is 19.4 Å². The predicted octanol–water partition coefficient (Wildman–Crippen LogP) is -0.398. The average Bonchev–Trinajstić information content (AvgIpc) is 1.79. The summed E-state index contributed by atoms with van der Waals surface area (Å²) in [7, 11) is 0. The summed E-state index contributed by atoms with van der Waals surface area (Å²) < 4.78 is 0. The Labute approximate surface area is 74.2 Å². The maximum Gasteiger partial charge on any atom is 1.00 e. The number of hydrogen-bond acceptors (Lipinski definition) is 2. The Kier molecular flexibility index (Phi) is 2.65. The first kappa shape index (κ1) is 9.68. The molecule has 3 amide bonds. The van der Waals surface area contributed by atoms with Crippen LogP contribution in [-0.2, 0) is 27.2 Å². The Morgan fingerprint density at radius 2 is 1.80 bits per heavy atom. The molecule has 0 radical (unpaired) electrons. The van der Waals surface area contributed by atoms with E-state index >= 15 is 0 Å². The van der Waals surface area contributed by atoms with E-state index in [1.807, 2.05) is 0 Å². The minimum Gasteiger partial charge on any atom is -0.324 e. The molecule has 1 aliphatic rings. The van der Waals surface area contributed by atoms with E-state index in [4.69, 9.17) is 0 Å². The van der Waals surface area contributed by atoms with Crippen LogP contribution in [0.4, 0.5) is 4.79 Å². The molecular formula is C5H8AuN2O2+. The second-order valence-electron chi connectivity index (χ2n) is 2.53. The SMILES string of the molecule is CC1(C)NC(=O)NC1=O.[Au+]. The van der Waals surface area contributed by atoms with E-state index in [1.54, 1.807) is 13.8 Å². The smallest absolute Gasteiger partial charge is 0.324 e. The number of rotatable bonds is 0. The van der Waals surface area contributed by atoms with E-state index in [0.717, 1.165) is 0 Å². The van der Waals surface area contributed by atoms with Crippen molar-refractivity contribution in [2.24, 2.45) is 0 Å². The Morgan fingerprint density at radius 3 is 1.90 bits per heavy atom. The average molecular weight is 325 g/mol. The van der Waals surface area contributed by atoms with Gasteiger partial charge in [0.15, 0.2) is 0 Å². The minimum absolute atomic E-state index is 0. The molecule has 5 heteroatoms. The topological polar surface area (TPSA) is 58.2 Å². The molecule has 1 rings (SSSR count). The van der Waals surface area contributed by atoms with Gasteiger partial charge in [0, 0.05) is 0 Å². The summed E-state index contributed by atoms with van der Waals surface area (Å²) in [5.41, 5.74) is -0.725. The summed E-state index contributed by atoms with van der Waals surface area (Å²) in [5, 5.41) is 4.56. The second kappa shape index (κ2) is 2.74. The number of urea groups is 1. The Hall–Kier alpha value is -0.320. The van der Waals surface area contributed by atoms with Crippen LogP contribution in [-0.4, -0.2) is 17.5 Å². The zero-order chi connectivity index (χ0) is 7.07. The van der Waals surface area contributed by atoms with Gasteiger partial charge in [-0.2, -0.15) is 0 Å². The van der Waals surface area contributed by atoms with Gasteiger partial charge in [-0.3, -0.25) is 10.1 Å². The first-order valence-electron chi connectivity index (χ1n) is 2.66. The molecule has 2 N–H and O–H groups in total. The van der Waals surface area contributed by atoms with Crippen LogP contribution in [0.3, 0.4) is 0 Å². The van der Waals surface area contributed by atoms with Gasteiger partial charge in [-0.25, -0.2) is 4.79 Å². The third-order valence-corrected chi connectivity index (χ3v) is 1.22. The van der Waals surface area contributed by atoms with Gasteiger partial charge in [-0.05, 0) is 13.8 Å². The minimum atomic E-state index is -0.725. The van der Waals surface area contributed by atoms with Crippen LogP contribution in [0.2, 0.25) is 0 Å². The van der Waals surface area contributed by atoms with Gasteiger partial charge in [-0.1, -0.05) is 0 Å². The third-order valence-electron chi connectivity index (χ3n) is 1.22. The van der Waals surface area contributed by atoms with Gasteiger partial charge in [0.2, 0.25) is 0 Å². The van der Waals surface area contributed by atoms with Gasteiger partial charge in [-0.15, -0.1) is 0 Å². The molecule has 0 aromatic heterocycles. The maximum absolute atomic E-state index is 10.7. The molecule has 10 heavy (non-hydrogen) atoms. The van der Waals surface area contributed by atoms with Crippen LogP contribution in [0.25, 0.3) is 0 Å². The molecule has 0 bridgehead atoms. The number of imide groups is 1. The number of nitrogens with one attached hydrogen (secondary N) is 2. The van der Waals surface area contributed by atoms with E-state index in [1.165, 1.54) is 0 Å². The Morgan fingerprint density at radius 1 is 1.30 bits per heavy atom. The largest absolute Gasteiger partial charge is 1.00 e. The second-order valence-corrected chi connectivity index (χ2v) is 2.53. The zero-order valence-electron chi connectivity index (χ0n) is 5.62. The van der Waals surface area contributed by atoms with Gasteiger partial charge >= 0.3 is 28.4 Å². The Balaban J connectivity index is 0.000000810. The molecule has 0 spiro atoms. The summed E-state index contributed by atoms with van der Waals surface area (Å²) in [5.74, 6) is -0.271. The van der Waals surface area contributed by atoms with E-state index in [0.29, 0.717) is 0 Å². The molecule has 0 saturated carbocycles. The molecular weight excluding hydrogens is 317 g/mol. The summed E-state index contributed by atoms with van der Waals surface area (Å²) in [6.45, 7) is 3.29. The van der Waals surface area contributed by atoms with Crippen LogP contribution in [0, 0.1) is 0 Å². The van der Waals surface area contributed by atoms with Crippen LogP contribution in [0.1, 0.15) is 13.8 Å². The Bertz CT molecular complexity index is 178. The summed E-state index contributed by atoms with van der Waals surface area (Å²) in [6, 6.07) is -0.412. The fourth-order valence-electron chi connectivity index (χ4n) is 0.631. The molecule has 0 aromatic carbocycles. The first-order chi connectivity index (χ1) is 4.02. The van der Waals surface area contributed by atoms with E-state index in [-0.39, 0.29) is 28.3 Å². The van der Waals surface area contributed by atoms with E-state index in [2.05, 4.69) is 10.6 Å². The molecule has 1 heterocycles. The van der Waals surface area contributed by atoms with Crippen LogP contribution in [0.5, 0.6) is 0 Å². The van der Waals surface area contributed by atoms with Crippen molar-refractivity contribution in [3.63, 3.8) is 0 Å². The molecule has 1 saturated heterocycles. The van der Waals surface area contributed by atoms with Crippen molar-refractivity contribution < 1.29 is 32.0 Å². The van der Waals surface area contributed by atoms with Crippen LogP contribution < -0.4 is 10.6 Å². The molecule has 0 unspecified atom stereocenters. The summed E-state index contributed by atoms with van der Waals surface area (Å²) >= 11 is 0. The monoisotopic (exact) mass is 325 g/mol. The zero-order valence-corrected chi connectivity index (χ0v) is 7.78. The van der Waals surface area contributed by atoms with Crippen LogP contribution in [0.15, 0.2) is 0 Å². The number of carbonyl (C=O) groups is 2. The van der Waals surface area contributed by atoms with Crippen molar-refractivity contribution >= 4 is 11.9 Å². The molecule has 0 atom stereocenters. The van der Waals surface area contributed by atoms with Crippen molar-refractivity contribution in [3.05, 3.63) is 0 Å². The standard InChI is InChI=1S/C5H8N2O2.Au/c1-5(2)3(8)6-4(9)7-5;/h1-2H3,(H2,6,7,8,9);/q;+1. The molecule has 0 aromatic rings. The molecule has 60 valence electrons. The fourth-order valence-corrected chi connectivity index (χ4v) is 0.631. The fraction of sp³-hybridized carbons (Fsp3) is 0.600. The maximum atomic E-state index is 10.7. The predicted molar refractivity (Wildman–Crippen MR) is 30.8 cm³/mol. The van der Waals surface area contributed by atoms with Gasteiger partial charge in [0.25, 0.3) is 5.91 Å². The van der Waals surface area contributed by atoms with Crippen molar-refractivity contribution in [1.29, 1.82) is 0 Å². The summed E-state index contributed by atoms with van der Waals surface area (Å²) in [4.78, 5) is 21.1. The molecule has 1 fully saturated rings. The quantitative estimate of drug-likeness (QED) is 0.470. The van der Waals surface area contributed by atoms with Crippen molar-refractivity contribution in [1.82, 2.24) is 10.6 Å². The molecule has 4 nitrogen and oxygen atoms in total. The third kappa shape index (κ3) is 1.59. The number of hydrogen-bond donors (Lipinski definition) is 2. The normalized spacial score (nSPS) is 21.0.